The fourth-order valence-electron chi connectivity index (χ4n) is 11.2. The van der Waals surface area contributed by atoms with Crippen LogP contribution in [0, 0.1) is 0 Å². The quantitative estimate of drug-likeness (QED) is 0.166. The third-order valence-electron chi connectivity index (χ3n) is 14.5. The van der Waals surface area contributed by atoms with E-state index >= 15 is 0 Å². The molecule has 0 radical (unpaired) electrons. The maximum atomic E-state index is 6.28. The molecule has 13 aromatic rings. The molecule has 1 aliphatic carbocycles. The molecule has 0 bridgehead atoms. The lowest BCUT2D eigenvalue weighted by Crippen LogP contribution is -2.16. The maximum absolute atomic E-state index is 6.28. The van der Waals surface area contributed by atoms with Gasteiger partial charge in [0, 0.05) is 54.8 Å². The van der Waals surface area contributed by atoms with Crippen LogP contribution in [-0.4, -0.2) is 4.40 Å². The average molecular weight is 843 g/mol. The molecule has 0 saturated heterocycles. The molecule has 3 heteroatoms. The van der Waals surface area contributed by atoms with Gasteiger partial charge in [-0.25, -0.2) is 0 Å². The molecule has 3 heterocycles. The van der Waals surface area contributed by atoms with Crippen molar-refractivity contribution >= 4 is 77.1 Å². The number of para-hydroxylation sites is 3. The van der Waals surface area contributed by atoms with Crippen molar-refractivity contribution in [2.24, 2.45) is 0 Å². The summed E-state index contributed by atoms with van der Waals surface area (Å²) in [5.74, 6) is 0. The third-order valence-corrected chi connectivity index (χ3v) is 14.5. The summed E-state index contributed by atoms with van der Waals surface area (Å²) < 4.78 is 8.74. The Hall–Kier alpha value is -8.40. The van der Waals surface area contributed by atoms with Gasteiger partial charge >= 0.3 is 0 Å². The standard InChI is InChI=1S/C63H42N2O/c1-63(2)56-36-42(44-34-54-50-14-6-9-17-58(50)65-59-18-10-7-15-51(59)55(35-44)62(54)65)24-31-48(56)49-33-30-47(38-57(49)63)64(45-26-20-40(21-27-45)39-12-4-3-5-13-39)46-28-22-41(23-29-46)43-25-32-53-52-16-8-11-19-60(52)66-61(53)37-43/h3-38H,1-2H3. The fourth-order valence-corrected chi connectivity index (χ4v) is 11.2. The van der Waals surface area contributed by atoms with Crippen molar-refractivity contribution in [2.45, 2.75) is 19.3 Å². The number of fused-ring (bicyclic) bond motifs is 12. The lowest BCUT2D eigenvalue weighted by Gasteiger charge is -2.28. The number of hydrogen-bond acceptors (Lipinski definition) is 2. The second-order valence-electron chi connectivity index (χ2n) is 18.5. The van der Waals surface area contributed by atoms with Crippen LogP contribution >= 0.6 is 0 Å². The van der Waals surface area contributed by atoms with Crippen LogP contribution in [0.3, 0.4) is 0 Å². The van der Waals surface area contributed by atoms with E-state index in [1.165, 1.54) is 82.6 Å². The van der Waals surface area contributed by atoms with Crippen molar-refractivity contribution in [1.82, 2.24) is 4.40 Å². The van der Waals surface area contributed by atoms with E-state index in [2.05, 4.69) is 229 Å². The molecule has 0 N–H and O–H groups in total. The molecule has 310 valence electrons. The second-order valence-corrected chi connectivity index (χ2v) is 18.5. The molecule has 0 aliphatic heterocycles. The summed E-state index contributed by atoms with van der Waals surface area (Å²) in [6, 6.07) is 80.1. The van der Waals surface area contributed by atoms with Gasteiger partial charge in [0.25, 0.3) is 0 Å². The first-order valence-corrected chi connectivity index (χ1v) is 22.9. The van der Waals surface area contributed by atoms with Crippen molar-refractivity contribution in [3.05, 3.63) is 230 Å². The molecule has 3 aromatic heterocycles. The van der Waals surface area contributed by atoms with E-state index in [9.17, 15) is 0 Å². The lowest BCUT2D eigenvalue weighted by atomic mass is 9.81. The molecule has 0 fully saturated rings. The van der Waals surface area contributed by atoms with Crippen molar-refractivity contribution < 1.29 is 4.42 Å². The Morgan fingerprint density at radius 2 is 0.833 bits per heavy atom. The predicted octanol–water partition coefficient (Wildman–Crippen LogP) is 17.5. The highest BCUT2D eigenvalue weighted by Crippen LogP contribution is 2.52. The van der Waals surface area contributed by atoms with E-state index in [0.717, 1.165) is 50.1 Å². The van der Waals surface area contributed by atoms with Gasteiger partial charge in [0.1, 0.15) is 11.2 Å². The van der Waals surface area contributed by atoms with Crippen LogP contribution in [0.5, 0.6) is 0 Å². The molecule has 10 aromatic carbocycles. The van der Waals surface area contributed by atoms with E-state index in [-0.39, 0.29) is 5.41 Å². The van der Waals surface area contributed by atoms with Crippen molar-refractivity contribution in [3.63, 3.8) is 0 Å². The van der Waals surface area contributed by atoms with E-state index in [4.69, 9.17) is 4.42 Å². The van der Waals surface area contributed by atoms with E-state index < -0.39 is 0 Å². The zero-order valence-electron chi connectivity index (χ0n) is 36.6. The zero-order chi connectivity index (χ0) is 43.7. The molecule has 66 heavy (non-hydrogen) atoms. The van der Waals surface area contributed by atoms with Gasteiger partial charge in [0.05, 0.1) is 16.6 Å². The average Bonchev–Trinajstić information content (AvgIpc) is 4.08. The summed E-state index contributed by atoms with van der Waals surface area (Å²) in [4.78, 5) is 2.40. The molecule has 0 saturated carbocycles. The van der Waals surface area contributed by atoms with Crippen LogP contribution < -0.4 is 4.90 Å². The Kier molecular flexibility index (Phi) is 7.74. The van der Waals surface area contributed by atoms with Crippen LogP contribution in [0.15, 0.2) is 223 Å². The number of anilines is 3. The summed E-state index contributed by atoms with van der Waals surface area (Å²) in [6.45, 7) is 4.79. The highest BCUT2D eigenvalue weighted by atomic mass is 16.3. The molecule has 14 rings (SSSR count). The fraction of sp³-hybridized carbons (Fsp3) is 0.0476. The highest BCUT2D eigenvalue weighted by molar-refractivity contribution is 6.24. The molecular weight excluding hydrogens is 801 g/mol. The Morgan fingerprint density at radius 1 is 0.348 bits per heavy atom. The summed E-state index contributed by atoms with van der Waals surface area (Å²) in [7, 11) is 0. The van der Waals surface area contributed by atoms with Crippen molar-refractivity contribution in [2.75, 3.05) is 4.90 Å². The van der Waals surface area contributed by atoms with E-state index in [1.54, 1.807) is 0 Å². The van der Waals surface area contributed by atoms with Crippen LogP contribution in [0.4, 0.5) is 17.1 Å². The summed E-state index contributed by atoms with van der Waals surface area (Å²) in [6.07, 6.45) is 0. The number of hydrogen-bond donors (Lipinski definition) is 0. The smallest absolute Gasteiger partial charge is 0.136 e. The van der Waals surface area contributed by atoms with Gasteiger partial charge in [-0.3, -0.25) is 0 Å². The topological polar surface area (TPSA) is 20.8 Å². The van der Waals surface area contributed by atoms with Gasteiger partial charge in [0.15, 0.2) is 0 Å². The largest absolute Gasteiger partial charge is 0.456 e. The Morgan fingerprint density at radius 3 is 1.52 bits per heavy atom. The van der Waals surface area contributed by atoms with Crippen LogP contribution in [-0.2, 0) is 5.41 Å². The second kappa shape index (κ2) is 13.8. The van der Waals surface area contributed by atoms with Crippen LogP contribution in [0.1, 0.15) is 25.0 Å². The van der Waals surface area contributed by atoms with Gasteiger partial charge in [-0.2, -0.15) is 0 Å². The Bertz CT molecular complexity index is 3980. The van der Waals surface area contributed by atoms with Gasteiger partial charge in [-0.05, 0) is 141 Å². The minimum Gasteiger partial charge on any atom is -0.456 e. The van der Waals surface area contributed by atoms with Crippen LogP contribution in [0.25, 0.3) is 105 Å². The molecule has 0 amide bonds. The summed E-state index contributed by atoms with van der Waals surface area (Å²) in [5.41, 5.74) is 21.2. The highest BCUT2D eigenvalue weighted by Gasteiger charge is 2.36. The zero-order valence-corrected chi connectivity index (χ0v) is 36.6. The molecule has 0 spiro atoms. The first-order chi connectivity index (χ1) is 32.5. The van der Waals surface area contributed by atoms with E-state index in [1.807, 2.05) is 12.1 Å². The lowest BCUT2D eigenvalue weighted by molar-refractivity contribution is 0.660. The monoisotopic (exact) mass is 842 g/mol. The van der Waals surface area contributed by atoms with E-state index in [0.29, 0.717) is 0 Å². The third kappa shape index (κ3) is 5.38. The number of nitrogens with zero attached hydrogens (tertiary/aromatic N) is 2. The Balaban J connectivity index is 0.863. The minimum absolute atomic E-state index is 0.234. The summed E-state index contributed by atoms with van der Waals surface area (Å²) >= 11 is 0. The van der Waals surface area contributed by atoms with Gasteiger partial charge in [-0.15, -0.1) is 0 Å². The SMILES string of the molecule is CC1(C)c2cc(-c3cc4c5ccccc5n5c6ccccc6c(c3)c45)ccc2-c2ccc(N(c3ccc(-c4ccccc4)cc3)c3ccc(-c4ccc5c(c4)oc4ccccc45)cc3)cc21. The number of aromatic nitrogens is 1. The van der Waals surface area contributed by atoms with Gasteiger partial charge in [0.2, 0.25) is 0 Å². The first-order valence-electron chi connectivity index (χ1n) is 22.9. The number of benzene rings is 10. The van der Waals surface area contributed by atoms with Gasteiger partial charge < -0.3 is 13.7 Å². The number of rotatable bonds is 6. The molecule has 3 nitrogen and oxygen atoms in total. The van der Waals surface area contributed by atoms with Gasteiger partial charge in [-0.1, -0.05) is 147 Å². The minimum atomic E-state index is -0.234. The maximum Gasteiger partial charge on any atom is 0.136 e. The summed E-state index contributed by atoms with van der Waals surface area (Å²) in [5, 5.41) is 7.49. The number of furan rings is 1. The normalized spacial score (nSPS) is 13.1. The van der Waals surface area contributed by atoms with Crippen molar-refractivity contribution in [3.8, 4) is 44.5 Å². The van der Waals surface area contributed by atoms with Crippen molar-refractivity contribution in [1.29, 1.82) is 0 Å². The first kappa shape index (κ1) is 37.0. The molecular formula is C63H42N2O. The molecule has 0 atom stereocenters. The molecule has 1 aliphatic rings. The Labute approximate surface area is 382 Å². The molecule has 0 unspecified atom stereocenters. The van der Waals surface area contributed by atoms with Crippen LogP contribution in [0.2, 0.25) is 0 Å². The predicted molar refractivity (Wildman–Crippen MR) is 277 cm³/mol.